The quantitative estimate of drug-likeness (QED) is 0.485. The highest BCUT2D eigenvalue weighted by Gasteiger charge is 2.36. The molecule has 0 spiro atoms. The van der Waals surface area contributed by atoms with Crippen LogP contribution < -0.4 is 0 Å². The molecule has 4 rings (SSSR count). The molecule has 0 atom stereocenters. The van der Waals surface area contributed by atoms with Crippen LogP contribution in [0.3, 0.4) is 0 Å². The van der Waals surface area contributed by atoms with Gasteiger partial charge in [-0.1, -0.05) is 12.8 Å². The summed E-state index contributed by atoms with van der Waals surface area (Å²) in [6.07, 6.45) is 19.7. The number of hydrogen-bond donors (Lipinski definition) is 0. The van der Waals surface area contributed by atoms with Gasteiger partial charge < -0.3 is 14.2 Å². The summed E-state index contributed by atoms with van der Waals surface area (Å²) in [5.41, 5.74) is 0. The van der Waals surface area contributed by atoms with Crippen molar-refractivity contribution in [3.8, 4) is 0 Å². The lowest BCUT2D eigenvalue weighted by Gasteiger charge is -2.41. The second kappa shape index (κ2) is 11.3. The highest BCUT2D eigenvalue weighted by molar-refractivity contribution is 5.72. The van der Waals surface area contributed by atoms with E-state index in [0.717, 1.165) is 68.5 Å². The molecule has 0 N–H and O–H groups in total. The fourth-order valence-corrected chi connectivity index (χ4v) is 7.10. The number of hydrogen-bond acceptors (Lipinski definition) is 4. The van der Waals surface area contributed by atoms with Gasteiger partial charge in [-0.05, 0) is 113 Å². The van der Waals surface area contributed by atoms with E-state index in [9.17, 15) is 4.79 Å². The van der Waals surface area contributed by atoms with Crippen LogP contribution in [0.1, 0.15) is 96.3 Å². The van der Waals surface area contributed by atoms with Crippen molar-refractivity contribution in [1.82, 2.24) is 0 Å². The molecular formula is C26H44O4. The van der Waals surface area contributed by atoms with Crippen molar-refractivity contribution in [3.63, 3.8) is 0 Å². The van der Waals surface area contributed by atoms with Gasteiger partial charge in [-0.3, -0.25) is 4.79 Å². The lowest BCUT2D eigenvalue weighted by Crippen LogP contribution is -2.31. The van der Waals surface area contributed by atoms with Crippen molar-refractivity contribution >= 4 is 5.97 Å². The molecule has 0 aromatic heterocycles. The molecule has 3 saturated carbocycles. The van der Waals surface area contributed by atoms with Crippen molar-refractivity contribution in [1.29, 1.82) is 0 Å². The van der Waals surface area contributed by atoms with Crippen LogP contribution in [-0.4, -0.2) is 32.6 Å². The molecule has 0 aromatic carbocycles. The molecule has 172 valence electrons. The molecule has 1 aliphatic heterocycles. The maximum Gasteiger partial charge on any atom is 0.308 e. The topological polar surface area (TPSA) is 44.8 Å². The summed E-state index contributed by atoms with van der Waals surface area (Å²) in [5.74, 6) is 4.86. The van der Waals surface area contributed by atoms with Crippen LogP contribution >= 0.6 is 0 Å². The van der Waals surface area contributed by atoms with Crippen LogP contribution in [0.5, 0.6) is 0 Å². The van der Waals surface area contributed by atoms with E-state index in [1.807, 2.05) is 0 Å². The Morgan fingerprint density at radius 2 is 1.17 bits per heavy atom. The van der Waals surface area contributed by atoms with Crippen molar-refractivity contribution in [2.45, 2.75) is 103 Å². The van der Waals surface area contributed by atoms with E-state index in [2.05, 4.69) is 0 Å². The fourth-order valence-electron chi connectivity index (χ4n) is 7.10. The lowest BCUT2D eigenvalue weighted by molar-refractivity contribution is -0.183. The maximum atomic E-state index is 11.8. The summed E-state index contributed by atoms with van der Waals surface area (Å²) < 4.78 is 16.4. The molecule has 4 heteroatoms. The second-order valence-corrected chi connectivity index (χ2v) is 10.7. The third-order valence-electron chi connectivity index (χ3n) is 9.05. The van der Waals surface area contributed by atoms with Crippen LogP contribution in [0.15, 0.2) is 0 Å². The zero-order valence-corrected chi connectivity index (χ0v) is 19.2. The molecule has 0 unspecified atom stereocenters. The van der Waals surface area contributed by atoms with Crippen molar-refractivity contribution in [3.05, 3.63) is 0 Å². The minimum atomic E-state index is 0.0200. The van der Waals surface area contributed by atoms with Crippen molar-refractivity contribution < 1.29 is 19.0 Å². The Kier molecular flexibility index (Phi) is 8.51. The Labute approximate surface area is 183 Å². The number of ether oxygens (including phenoxy) is 3. The highest BCUT2D eigenvalue weighted by Crippen LogP contribution is 2.46. The third kappa shape index (κ3) is 6.00. The Hall–Kier alpha value is -0.610. The first-order chi connectivity index (χ1) is 14.7. The predicted octanol–water partition coefficient (Wildman–Crippen LogP) is 6.12. The summed E-state index contributed by atoms with van der Waals surface area (Å²) in [5, 5.41) is 0. The Morgan fingerprint density at radius 1 is 0.700 bits per heavy atom. The van der Waals surface area contributed by atoms with E-state index in [-0.39, 0.29) is 18.2 Å². The fraction of sp³-hybridized carbons (Fsp3) is 0.962. The SMILES string of the molecule is COC(=O)C1CCC(C2CCC(C3CCC(CCC4OCCCO4)CC3)CC2)CC1. The van der Waals surface area contributed by atoms with E-state index in [4.69, 9.17) is 14.2 Å². The molecule has 4 aliphatic rings. The van der Waals surface area contributed by atoms with E-state index >= 15 is 0 Å². The number of rotatable bonds is 6. The number of carbonyl (C=O) groups is 1. The Bertz CT molecular complexity index is 505. The van der Waals surface area contributed by atoms with E-state index in [1.54, 1.807) is 0 Å². The van der Waals surface area contributed by atoms with E-state index < -0.39 is 0 Å². The molecule has 0 bridgehead atoms. The van der Waals surface area contributed by atoms with Gasteiger partial charge in [0.05, 0.1) is 26.2 Å². The van der Waals surface area contributed by atoms with Gasteiger partial charge in [0.25, 0.3) is 0 Å². The number of esters is 1. The molecular weight excluding hydrogens is 376 g/mol. The summed E-state index contributed by atoms with van der Waals surface area (Å²) in [6, 6.07) is 0. The van der Waals surface area contributed by atoms with Crippen LogP contribution in [-0.2, 0) is 19.0 Å². The van der Waals surface area contributed by atoms with Gasteiger partial charge in [-0.25, -0.2) is 0 Å². The monoisotopic (exact) mass is 420 g/mol. The number of carbonyl (C=O) groups excluding carboxylic acids is 1. The molecule has 30 heavy (non-hydrogen) atoms. The summed E-state index contributed by atoms with van der Waals surface area (Å²) >= 11 is 0. The smallest absolute Gasteiger partial charge is 0.308 e. The molecule has 0 radical (unpaired) electrons. The van der Waals surface area contributed by atoms with Crippen molar-refractivity contribution in [2.24, 2.45) is 35.5 Å². The molecule has 1 saturated heterocycles. The van der Waals surface area contributed by atoms with Crippen LogP contribution in [0.25, 0.3) is 0 Å². The lowest BCUT2D eigenvalue weighted by atomic mass is 9.65. The minimum absolute atomic E-state index is 0.0200. The molecule has 4 fully saturated rings. The van der Waals surface area contributed by atoms with Gasteiger partial charge >= 0.3 is 5.97 Å². The Balaban J connectivity index is 1.11. The van der Waals surface area contributed by atoms with Gasteiger partial charge in [-0.2, -0.15) is 0 Å². The van der Waals surface area contributed by atoms with E-state index in [0.29, 0.717) is 0 Å². The van der Waals surface area contributed by atoms with Gasteiger partial charge in [0.1, 0.15) is 0 Å². The molecule has 0 aromatic rings. The second-order valence-electron chi connectivity index (χ2n) is 10.7. The van der Waals surface area contributed by atoms with E-state index in [1.165, 1.54) is 77.7 Å². The largest absolute Gasteiger partial charge is 0.469 e. The third-order valence-corrected chi connectivity index (χ3v) is 9.05. The zero-order chi connectivity index (χ0) is 20.8. The number of methoxy groups -OCH3 is 1. The summed E-state index contributed by atoms with van der Waals surface area (Å²) in [6.45, 7) is 1.76. The first-order valence-corrected chi connectivity index (χ1v) is 13.0. The van der Waals surface area contributed by atoms with Crippen molar-refractivity contribution in [2.75, 3.05) is 20.3 Å². The summed E-state index contributed by atoms with van der Waals surface area (Å²) in [4.78, 5) is 11.8. The van der Waals surface area contributed by atoms with Crippen LogP contribution in [0.2, 0.25) is 0 Å². The summed E-state index contributed by atoms with van der Waals surface area (Å²) in [7, 11) is 1.53. The van der Waals surface area contributed by atoms with Gasteiger partial charge in [-0.15, -0.1) is 0 Å². The zero-order valence-electron chi connectivity index (χ0n) is 19.2. The molecule has 3 aliphatic carbocycles. The van der Waals surface area contributed by atoms with Crippen LogP contribution in [0, 0.1) is 35.5 Å². The highest BCUT2D eigenvalue weighted by atomic mass is 16.7. The first-order valence-electron chi connectivity index (χ1n) is 13.0. The van der Waals surface area contributed by atoms with Crippen LogP contribution in [0.4, 0.5) is 0 Å². The predicted molar refractivity (Wildman–Crippen MR) is 118 cm³/mol. The van der Waals surface area contributed by atoms with Gasteiger partial charge in [0, 0.05) is 0 Å². The normalized spacial score (nSPS) is 38.8. The maximum absolute atomic E-state index is 11.8. The average Bonchev–Trinajstić information content (AvgIpc) is 2.83. The molecule has 0 amide bonds. The molecule has 4 nitrogen and oxygen atoms in total. The van der Waals surface area contributed by atoms with Gasteiger partial charge in [0.15, 0.2) is 6.29 Å². The standard InChI is InChI=1S/C26H44O4/c1-28-26(27)24-14-12-23(13-15-24)22-10-8-21(9-11-22)20-6-3-19(4-7-20)5-16-25-29-17-2-18-30-25/h19-25H,2-18H2,1H3. The van der Waals surface area contributed by atoms with Gasteiger partial charge in [0.2, 0.25) is 0 Å². The first kappa shape index (κ1) is 22.6. The Morgan fingerprint density at radius 3 is 1.67 bits per heavy atom. The average molecular weight is 421 g/mol. The minimum Gasteiger partial charge on any atom is -0.469 e. The molecule has 1 heterocycles.